The average Bonchev–Trinajstić information content (AvgIpc) is 2.63. The van der Waals surface area contributed by atoms with Gasteiger partial charge in [-0.15, -0.1) is 0 Å². The fourth-order valence-corrected chi connectivity index (χ4v) is 3.16. The number of aromatic nitrogens is 2. The number of hydrogen-bond donors (Lipinski definition) is 1. The van der Waals surface area contributed by atoms with Crippen LogP contribution in [-0.2, 0) is 4.79 Å². The zero-order valence-electron chi connectivity index (χ0n) is 15.7. The Morgan fingerprint density at radius 2 is 1.81 bits per heavy atom. The normalized spacial score (nSPS) is 14.2. The van der Waals surface area contributed by atoms with Crippen LogP contribution in [0.25, 0.3) is 0 Å². The van der Waals surface area contributed by atoms with Gasteiger partial charge in [-0.05, 0) is 51.2 Å². The number of nitrogens with one attached hydrogen (secondary N) is 1. The summed E-state index contributed by atoms with van der Waals surface area (Å²) in [5, 5.41) is 2.92. The maximum atomic E-state index is 12.3. The summed E-state index contributed by atoms with van der Waals surface area (Å²) in [5.74, 6) is 0.933. The average molecular weight is 354 g/mol. The molecule has 6 heteroatoms. The van der Waals surface area contributed by atoms with E-state index in [-0.39, 0.29) is 12.5 Å². The molecule has 2 heterocycles. The van der Waals surface area contributed by atoms with Crippen LogP contribution in [0.1, 0.15) is 36.1 Å². The molecule has 6 nitrogen and oxygen atoms in total. The number of aryl methyl sites for hydroxylation is 3. The third-order valence-electron chi connectivity index (χ3n) is 4.55. The van der Waals surface area contributed by atoms with Gasteiger partial charge in [-0.1, -0.05) is 18.2 Å². The van der Waals surface area contributed by atoms with Crippen molar-refractivity contribution in [1.29, 1.82) is 0 Å². The van der Waals surface area contributed by atoms with Crippen molar-refractivity contribution in [3.63, 3.8) is 0 Å². The highest BCUT2D eigenvalue weighted by atomic mass is 16.5. The second-order valence-electron chi connectivity index (χ2n) is 6.80. The van der Waals surface area contributed by atoms with E-state index < -0.39 is 0 Å². The molecule has 1 aromatic heterocycles. The summed E-state index contributed by atoms with van der Waals surface area (Å²) in [5.41, 5.74) is 3.74. The molecule has 138 valence electrons. The van der Waals surface area contributed by atoms with Crippen LogP contribution in [0.4, 0.5) is 11.6 Å². The van der Waals surface area contributed by atoms with E-state index in [1.165, 1.54) is 6.42 Å². The molecule has 0 bridgehead atoms. The van der Waals surface area contributed by atoms with Crippen molar-refractivity contribution < 1.29 is 9.53 Å². The molecule has 1 fully saturated rings. The van der Waals surface area contributed by atoms with Crippen LogP contribution < -0.4 is 15.0 Å². The quantitative estimate of drug-likeness (QED) is 0.891. The van der Waals surface area contributed by atoms with Crippen molar-refractivity contribution in [1.82, 2.24) is 9.97 Å². The molecule has 3 rings (SSSR count). The highest BCUT2D eigenvalue weighted by Gasteiger charge is 2.16. The van der Waals surface area contributed by atoms with Gasteiger partial charge in [-0.2, -0.15) is 4.98 Å². The van der Waals surface area contributed by atoms with Crippen molar-refractivity contribution in [3.8, 4) is 5.88 Å². The molecule has 26 heavy (non-hydrogen) atoms. The Balaban J connectivity index is 1.63. The minimum absolute atomic E-state index is 0.0797. The molecular weight excluding hydrogens is 328 g/mol. The molecular formula is C20H26N4O2. The van der Waals surface area contributed by atoms with Gasteiger partial charge in [-0.25, -0.2) is 4.98 Å². The smallest absolute Gasteiger partial charge is 0.262 e. The van der Waals surface area contributed by atoms with Crippen molar-refractivity contribution >= 4 is 17.5 Å². The summed E-state index contributed by atoms with van der Waals surface area (Å²) in [7, 11) is 0. The second kappa shape index (κ2) is 8.17. The first-order chi connectivity index (χ1) is 12.5. The van der Waals surface area contributed by atoms with Crippen LogP contribution in [0, 0.1) is 20.8 Å². The number of benzene rings is 1. The van der Waals surface area contributed by atoms with Crippen molar-refractivity contribution in [2.24, 2.45) is 0 Å². The van der Waals surface area contributed by atoms with Gasteiger partial charge < -0.3 is 15.0 Å². The van der Waals surface area contributed by atoms with Crippen LogP contribution in [0.2, 0.25) is 0 Å². The number of piperidine rings is 1. The summed E-state index contributed by atoms with van der Waals surface area (Å²) in [6.45, 7) is 7.72. The summed E-state index contributed by atoms with van der Waals surface area (Å²) in [6.07, 6.45) is 3.57. The Morgan fingerprint density at radius 3 is 2.50 bits per heavy atom. The van der Waals surface area contributed by atoms with E-state index in [1.54, 1.807) is 6.07 Å². The highest BCUT2D eigenvalue weighted by Crippen LogP contribution is 2.21. The maximum absolute atomic E-state index is 12.3. The molecule has 0 radical (unpaired) electrons. The lowest BCUT2D eigenvalue weighted by atomic mass is 10.1. The molecule has 1 saturated heterocycles. The van der Waals surface area contributed by atoms with E-state index in [0.717, 1.165) is 48.4 Å². The number of para-hydroxylation sites is 1. The number of anilines is 2. The summed E-state index contributed by atoms with van der Waals surface area (Å²) in [6, 6.07) is 7.69. The monoisotopic (exact) mass is 354 g/mol. The summed E-state index contributed by atoms with van der Waals surface area (Å²) < 4.78 is 5.64. The van der Waals surface area contributed by atoms with Crippen molar-refractivity contribution in [2.45, 2.75) is 40.0 Å². The fourth-order valence-electron chi connectivity index (χ4n) is 3.16. The minimum atomic E-state index is -0.196. The molecule has 0 saturated carbocycles. The van der Waals surface area contributed by atoms with Crippen LogP contribution in [0.15, 0.2) is 24.3 Å². The first-order valence-electron chi connectivity index (χ1n) is 9.12. The van der Waals surface area contributed by atoms with Crippen LogP contribution >= 0.6 is 0 Å². The Kier molecular flexibility index (Phi) is 5.71. The number of carbonyl (C=O) groups excluding carboxylic acids is 1. The van der Waals surface area contributed by atoms with E-state index >= 15 is 0 Å². The Hall–Kier alpha value is -2.63. The molecule has 1 aliphatic heterocycles. The van der Waals surface area contributed by atoms with Crippen molar-refractivity contribution in [2.75, 3.05) is 29.9 Å². The summed E-state index contributed by atoms with van der Waals surface area (Å²) in [4.78, 5) is 23.4. The number of carbonyl (C=O) groups is 1. The van der Waals surface area contributed by atoms with Crippen molar-refractivity contribution in [3.05, 3.63) is 41.1 Å². The molecule has 0 unspecified atom stereocenters. The first-order valence-corrected chi connectivity index (χ1v) is 9.12. The van der Waals surface area contributed by atoms with Gasteiger partial charge in [0.2, 0.25) is 11.8 Å². The largest absolute Gasteiger partial charge is 0.467 e. The molecule has 1 aliphatic rings. The van der Waals surface area contributed by atoms with Gasteiger partial charge in [0.15, 0.2) is 6.61 Å². The van der Waals surface area contributed by atoms with Crippen LogP contribution in [-0.4, -0.2) is 35.6 Å². The zero-order chi connectivity index (χ0) is 18.5. The lowest BCUT2D eigenvalue weighted by molar-refractivity contribution is -0.118. The van der Waals surface area contributed by atoms with E-state index in [0.29, 0.717) is 11.8 Å². The van der Waals surface area contributed by atoms with Gasteiger partial charge in [0, 0.05) is 30.5 Å². The van der Waals surface area contributed by atoms with Gasteiger partial charge in [0.25, 0.3) is 5.91 Å². The van der Waals surface area contributed by atoms with E-state index in [1.807, 2.05) is 39.0 Å². The van der Waals surface area contributed by atoms with Gasteiger partial charge in [-0.3, -0.25) is 4.79 Å². The van der Waals surface area contributed by atoms with E-state index in [4.69, 9.17) is 4.74 Å². The predicted molar refractivity (Wildman–Crippen MR) is 103 cm³/mol. The molecule has 0 aliphatic carbocycles. The Labute approximate surface area is 154 Å². The number of nitrogens with zero attached hydrogens (tertiary/aromatic N) is 3. The van der Waals surface area contributed by atoms with Gasteiger partial charge in [0.1, 0.15) is 0 Å². The first kappa shape index (κ1) is 18.2. The molecule has 0 atom stereocenters. The lowest BCUT2D eigenvalue weighted by Crippen LogP contribution is -2.31. The molecule has 0 spiro atoms. The molecule has 1 aromatic carbocycles. The van der Waals surface area contributed by atoms with Crippen LogP contribution in [0.3, 0.4) is 0 Å². The SMILES string of the molecule is Cc1cc(OCC(=O)Nc2c(C)cccc2C)nc(N2CCCCC2)n1. The Bertz CT molecular complexity index is 765. The fraction of sp³-hybridized carbons (Fsp3) is 0.450. The standard InChI is InChI=1S/C20H26N4O2/c1-14-8-7-9-15(2)19(14)22-17(25)13-26-18-12-16(3)21-20(23-18)24-10-5-4-6-11-24/h7-9,12H,4-6,10-11,13H2,1-3H3,(H,22,25). The third kappa shape index (κ3) is 4.50. The van der Waals surface area contributed by atoms with Crippen LogP contribution in [0.5, 0.6) is 5.88 Å². The predicted octanol–water partition coefficient (Wildman–Crippen LogP) is 3.41. The maximum Gasteiger partial charge on any atom is 0.262 e. The lowest BCUT2D eigenvalue weighted by Gasteiger charge is -2.27. The number of rotatable bonds is 5. The molecule has 1 amide bonds. The highest BCUT2D eigenvalue weighted by molar-refractivity contribution is 5.93. The second-order valence-corrected chi connectivity index (χ2v) is 6.80. The topological polar surface area (TPSA) is 67.3 Å². The molecule has 2 aromatic rings. The summed E-state index contributed by atoms with van der Waals surface area (Å²) >= 11 is 0. The number of hydrogen-bond acceptors (Lipinski definition) is 5. The number of amides is 1. The van der Waals surface area contributed by atoms with E-state index in [9.17, 15) is 4.79 Å². The van der Waals surface area contributed by atoms with Gasteiger partial charge >= 0.3 is 0 Å². The zero-order valence-corrected chi connectivity index (χ0v) is 15.7. The van der Waals surface area contributed by atoms with Gasteiger partial charge in [0.05, 0.1) is 0 Å². The number of ether oxygens (including phenoxy) is 1. The third-order valence-corrected chi connectivity index (χ3v) is 4.55. The minimum Gasteiger partial charge on any atom is -0.467 e. The molecule has 1 N–H and O–H groups in total. The van der Waals surface area contributed by atoms with E-state index in [2.05, 4.69) is 20.2 Å². The Morgan fingerprint density at radius 1 is 1.12 bits per heavy atom.